The van der Waals surface area contributed by atoms with Gasteiger partial charge in [0.05, 0.1) is 6.61 Å². The molecule has 0 atom stereocenters. The smallest absolute Gasteiger partial charge is 0.289 e. The lowest BCUT2D eigenvalue weighted by molar-refractivity contribution is 0.0842. The van der Waals surface area contributed by atoms with Crippen LogP contribution < -0.4 is 15.6 Å². The number of ether oxygens (including phenoxy) is 1. The lowest BCUT2D eigenvalue weighted by Gasteiger charge is -2.04. The Morgan fingerprint density at radius 3 is 2.60 bits per heavy atom. The van der Waals surface area contributed by atoms with Crippen LogP contribution in [0.25, 0.3) is 10.6 Å². The van der Waals surface area contributed by atoms with Gasteiger partial charge in [-0.25, -0.2) is 4.98 Å². The van der Waals surface area contributed by atoms with Gasteiger partial charge in [0.2, 0.25) is 0 Å². The number of carbonyl (C=O) groups excluding carboxylic acids is 2. The average molecular weight is 356 g/mol. The summed E-state index contributed by atoms with van der Waals surface area (Å²) in [6, 6.07) is 10.8. The van der Waals surface area contributed by atoms with Gasteiger partial charge < -0.3 is 9.72 Å². The summed E-state index contributed by atoms with van der Waals surface area (Å²) < 4.78 is 5.40. The Morgan fingerprint density at radius 1 is 1.16 bits per heavy atom. The fourth-order valence-electron chi connectivity index (χ4n) is 2.09. The Kier molecular flexibility index (Phi) is 5.10. The molecule has 128 valence electrons. The van der Waals surface area contributed by atoms with E-state index >= 15 is 0 Å². The van der Waals surface area contributed by atoms with Crippen LogP contribution in [0.3, 0.4) is 0 Å². The molecule has 0 saturated heterocycles. The van der Waals surface area contributed by atoms with E-state index in [0.29, 0.717) is 17.3 Å². The van der Waals surface area contributed by atoms with Crippen LogP contribution in [0.4, 0.5) is 0 Å². The van der Waals surface area contributed by atoms with Crippen LogP contribution in [-0.2, 0) is 0 Å². The van der Waals surface area contributed by atoms with Gasteiger partial charge >= 0.3 is 0 Å². The second kappa shape index (κ2) is 7.63. The van der Waals surface area contributed by atoms with Gasteiger partial charge in [0, 0.05) is 17.1 Å². The van der Waals surface area contributed by atoms with Gasteiger partial charge in [0.1, 0.15) is 22.1 Å². The highest BCUT2D eigenvalue weighted by atomic mass is 32.1. The van der Waals surface area contributed by atoms with E-state index in [2.05, 4.69) is 20.8 Å². The van der Waals surface area contributed by atoms with Gasteiger partial charge in [-0.2, -0.15) is 0 Å². The van der Waals surface area contributed by atoms with Crippen LogP contribution in [-0.4, -0.2) is 28.4 Å². The first-order valence-corrected chi connectivity index (χ1v) is 8.48. The number of nitrogens with zero attached hydrogens (tertiary/aromatic N) is 1. The number of rotatable bonds is 5. The maximum Gasteiger partial charge on any atom is 0.289 e. The average Bonchev–Trinajstić information content (AvgIpc) is 3.32. The Balaban J connectivity index is 1.62. The fourth-order valence-corrected chi connectivity index (χ4v) is 2.89. The molecule has 0 aliphatic carbocycles. The summed E-state index contributed by atoms with van der Waals surface area (Å²) in [5.74, 6) is -0.124. The number of H-pyrrole nitrogens is 1. The summed E-state index contributed by atoms with van der Waals surface area (Å²) in [5.41, 5.74) is 6.16. The van der Waals surface area contributed by atoms with E-state index < -0.39 is 11.8 Å². The van der Waals surface area contributed by atoms with Gasteiger partial charge in [-0.15, -0.1) is 11.3 Å². The second-order valence-electron chi connectivity index (χ2n) is 4.99. The first-order valence-electron chi connectivity index (χ1n) is 7.60. The van der Waals surface area contributed by atoms with Crippen LogP contribution >= 0.6 is 11.3 Å². The summed E-state index contributed by atoms with van der Waals surface area (Å²) >= 11 is 1.35. The number of hydrogen-bond acceptors (Lipinski definition) is 5. The molecule has 0 saturated carbocycles. The molecule has 8 heteroatoms. The molecule has 3 N–H and O–H groups in total. The molecular formula is C17H16N4O3S. The predicted molar refractivity (Wildman–Crippen MR) is 94.4 cm³/mol. The molecule has 2 aromatic heterocycles. The normalized spacial score (nSPS) is 10.3. The van der Waals surface area contributed by atoms with E-state index in [1.807, 2.05) is 31.2 Å². The lowest BCUT2D eigenvalue weighted by atomic mass is 10.2. The van der Waals surface area contributed by atoms with Crippen LogP contribution in [0.1, 0.15) is 27.9 Å². The summed E-state index contributed by atoms with van der Waals surface area (Å²) in [6.07, 6.45) is 1.63. The Bertz CT molecular complexity index is 856. The minimum absolute atomic E-state index is 0.237. The van der Waals surface area contributed by atoms with Crippen molar-refractivity contribution in [3.8, 4) is 16.3 Å². The van der Waals surface area contributed by atoms with Gasteiger partial charge in [0.25, 0.3) is 11.8 Å². The number of aromatic amines is 1. The Labute approximate surface area is 148 Å². The predicted octanol–water partition coefficient (Wildman–Crippen LogP) is 2.61. The number of hydrazine groups is 1. The van der Waals surface area contributed by atoms with Crippen molar-refractivity contribution < 1.29 is 14.3 Å². The van der Waals surface area contributed by atoms with Crippen molar-refractivity contribution in [3.05, 3.63) is 59.4 Å². The number of benzene rings is 1. The molecule has 0 aliphatic rings. The number of aromatic nitrogens is 2. The molecule has 0 spiro atoms. The molecule has 0 bridgehead atoms. The SMILES string of the molecule is CCOc1ccc(-c2nc(C(=O)NNC(=O)c3ccc[nH]3)cs2)cc1. The number of amides is 2. The molecular weight excluding hydrogens is 340 g/mol. The summed E-state index contributed by atoms with van der Waals surface area (Å²) in [6.45, 7) is 2.53. The highest BCUT2D eigenvalue weighted by Gasteiger charge is 2.13. The van der Waals surface area contributed by atoms with Crippen molar-refractivity contribution in [2.24, 2.45) is 0 Å². The maximum atomic E-state index is 12.1. The molecule has 0 radical (unpaired) electrons. The molecule has 2 heterocycles. The van der Waals surface area contributed by atoms with Crippen LogP contribution in [0, 0.1) is 0 Å². The second-order valence-corrected chi connectivity index (χ2v) is 5.85. The van der Waals surface area contributed by atoms with Crippen molar-refractivity contribution >= 4 is 23.2 Å². The Morgan fingerprint density at radius 2 is 1.92 bits per heavy atom. The van der Waals surface area contributed by atoms with E-state index in [-0.39, 0.29) is 5.69 Å². The zero-order valence-corrected chi connectivity index (χ0v) is 14.2. The van der Waals surface area contributed by atoms with Gasteiger partial charge in [-0.05, 0) is 43.3 Å². The molecule has 25 heavy (non-hydrogen) atoms. The largest absolute Gasteiger partial charge is 0.494 e. The minimum atomic E-state index is -0.478. The van der Waals surface area contributed by atoms with E-state index in [0.717, 1.165) is 11.3 Å². The maximum absolute atomic E-state index is 12.1. The van der Waals surface area contributed by atoms with Crippen molar-refractivity contribution in [1.82, 2.24) is 20.8 Å². The van der Waals surface area contributed by atoms with Crippen molar-refractivity contribution in [3.63, 3.8) is 0 Å². The van der Waals surface area contributed by atoms with Gasteiger partial charge in [0.15, 0.2) is 0 Å². The minimum Gasteiger partial charge on any atom is -0.494 e. The number of thiazole rings is 1. The van der Waals surface area contributed by atoms with E-state index in [9.17, 15) is 9.59 Å². The summed E-state index contributed by atoms with van der Waals surface area (Å²) in [5, 5.41) is 2.35. The van der Waals surface area contributed by atoms with E-state index in [1.165, 1.54) is 11.3 Å². The third kappa shape index (κ3) is 4.04. The topological polar surface area (TPSA) is 96.1 Å². The molecule has 3 aromatic rings. The summed E-state index contributed by atoms with van der Waals surface area (Å²) in [7, 11) is 0. The monoisotopic (exact) mass is 356 g/mol. The highest BCUT2D eigenvalue weighted by Crippen LogP contribution is 2.25. The molecule has 7 nitrogen and oxygen atoms in total. The van der Waals surface area contributed by atoms with Crippen molar-refractivity contribution in [1.29, 1.82) is 0 Å². The molecule has 3 rings (SSSR count). The third-order valence-electron chi connectivity index (χ3n) is 3.28. The van der Waals surface area contributed by atoms with Gasteiger partial charge in [-0.3, -0.25) is 20.4 Å². The zero-order valence-electron chi connectivity index (χ0n) is 13.4. The standard InChI is InChI=1S/C17H16N4O3S/c1-2-24-12-7-5-11(6-8-12)17-19-14(10-25-17)16(23)21-20-15(22)13-4-3-9-18-13/h3-10,18H,2H2,1H3,(H,20,22)(H,21,23). The van der Waals surface area contributed by atoms with Crippen molar-refractivity contribution in [2.75, 3.05) is 6.61 Å². The van der Waals surface area contributed by atoms with Gasteiger partial charge in [-0.1, -0.05) is 0 Å². The fraction of sp³-hybridized carbons (Fsp3) is 0.118. The summed E-state index contributed by atoms with van der Waals surface area (Å²) in [4.78, 5) is 30.9. The van der Waals surface area contributed by atoms with Crippen LogP contribution in [0.5, 0.6) is 5.75 Å². The first kappa shape index (κ1) is 16.7. The van der Waals surface area contributed by atoms with Crippen molar-refractivity contribution in [2.45, 2.75) is 6.92 Å². The molecule has 0 aliphatic heterocycles. The lowest BCUT2D eigenvalue weighted by Crippen LogP contribution is -2.41. The van der Waals surface area contributed by atoms with E-state index in [1.54, 1.807) is 23.7 Å². The van der Waals surface area contributed by atoms with Crippen LogP contribution in [0.15, 0.2) is 48.0 Å². The number of nitrogens with one attached hydrogen (secondary N) is 3. The molecule has 0 unspecified atom stereocenters. The molecule has 1 aromatic carbocycles. The zero-order chi connectivity index (χ0) is 17.6. The number of carbonyl (C=O) groups is 2. The van der Waals surface area contributed by atoms with Crippen LogP contribution in [0.2, 0.25) is 0 Å². The quantitative estimate of drug-likeness (QED) is 0.612. The van der Waals surface area contributed by atoms with E-state index in [4.69, 9.17) is 4.74 Å². The number of hydrogen-bond donors (Lipinski definition) is 3. The first-order chi connectivity index (χ1) is 12.2. The Hall–Kier alpha value is -3.13. The molecule has 0 fully saturated rings. The molecule has 2 amide bonds. The highest BCUT2D eigenvalue weighted by molar-refractivity contribution is 7.13. The third-order valence-corrected chi connectivity index (χ3v) is 4.17.